The van der Waals surface area contributed by atoms with Crippen LogP contribution in [0.3, 0.4) is 0 Å². The molecule has 1 amide bonds. The predicted octanol–water partition coefficient (Wildman–Crippen LogP) is 2.78. The maximum atomic E-state index is 12.9. The molecule has 5 heteroatoms. The number of carbonyl (C=O) groups is 1. The molecule has 2 saturated heterocycles. The van der Waals surface area contributed by atoms with Crippen LogP contribution in [-0.4, -0.2) is 47.2 Å². The Balaban J connectivity index is 1.65. The van der Waals surface area contributed by atoms with Crippen LogP contribution < -0.4 is 4.90 Å². The van der Waals surface area contributed by atoms with Gasteiger partial charge in [0.05, 0.1) is 11.1 Å². The zero-order chi connectivity index (χ0) is 16.7. The maximum Gasteiger partial charge on any atom is 0.230 e. The summed E-state index contributed by atoms with van der Waals surface area (Å²) in [6.45, 7) is 7.57. The topological polar surface area (TPSA) is 49.3 Å². The molecular formula is C19H24N4O. The molecule has 3 heterocycles. The molecule has 126 valence electrons. The fourth-order valence-electron chi connectivity index (χ4n) is 4.27. The fraction of sp³-hybridized carbons (Fsp3) is 0.526. The first-order chi connectivity index (χ1) is 11.6. The van der Waals surface area contributed by atoms with Crippen LogP contribution in [-0.2, 0) is 4.79 Å². The molecule has 1 unspecified atom stereocenters. The monoisotopic (exact) mass is 324 g/mol. The van der Waals surface area contributed by atoms with Gasteiger partial charge in [0.15, 0.2) is 5.82 Å². The molecule has 0 radical (unpaired) electrons. The van der Waals surface area contributed by atoms with Gasteiger partial charge in [-0.05, 0) is 26.2 Å². The van der Waals surface area contributed by atoms with Gasteiger partial charge in [0.1, 0.15) is 0 Å². The van der Waals surface area contributed by atoms with Crippen LogP contribution in [0, 0.1) is 12.3 Å². The molecule has 24 heavy (non-hydrogen) atoms. The van der Waals surface area contributed by atoms with Crippen molar-refractivity contribution in [3.8, 4) is 0 Å². The second-order valence-electron chi connectivity index (χ2n) is 7.15. The molecule has 0 aliphatic carbocycles. The van der Waals surface area contributed by atoms with E-state index in [4.69, 9.17) is 0 Å². The lowest BCUT2D eigenvalue weighted by molar-refractivity contribution is -0.135. The number of aromatic nitrogens is 2. The summed E-state index contributed by atoms with van der Waals surface area (Å²) in [7, 11) is 0. The summed E-state index contributed by atoms with van der Waals surface area (Å²) < 4.78 is 0. The number of likely N-dealkylation sites (tertiary alicyclic amines) is 1. The van der Waals surface area contributed by atoms with Gasteiger partial charge in [-0.15, -0.1) is 5.10 Å². The van der Waals surface area contributed by atoms with Crippen molar-refractivity contribution in [3.63, 3.8) is 0 Å². The van der Waals surface area contributed by atoms with Crippen LogP contribution in [0.2, 0.25) is 0 Å². The van der Waals surface area contributed by atoms with E-state index in [1.165, 1.54) is 0 Å². The first-order valence-corrected chi connectivity index (χ1v) is 8.91. The second-order valence-corrected chi connectivity index (χ2v) is 7.15. The summed E-state index contributed by atoms with van der Waals surface area (Å²) in [5.74, 6) is 1.27. The Labute approximate surface area is 142 Å². The van der Waals surface area contributed by atoms with Crippen molar-refractivity contribution in [2.75, 3.05) is 31.1 Å². The first-order valence-electron chi connectivity index (χ1n) is 8.91. The number of rotatable bonds is 3. The minimum atomic E-state index is -0.206. The van der Waals surface area contributed by atoms with E-state index in [-0.39, 0.29) is 5.41 Å². The molecule has 1 aromatic carbocycles. The molecule has 0 N–H and O–H groups in total. The van der Waals surface area contributed by atoms with Crippen molar-refractivity contribution in [2.24, 2.45) is 5.41 Å². The molecule has 4 rings (SSSR count). The van der Waals surface area contributed by atoms with E-state index in [1.54, 1.807) is 0 Å². The lowest BCUT2D eigenvalue weighted by atomic mass is 9.85. The molecule has 1 aromatic heterocycles. The fourth-order valence-corrected chi connectivity index (χ4v) is 4.27. The number of hydrogen-bond acceptors (Lipinski definition) is 4. The van der Waals surface area contributed by atoms with Gasteiger partial charge in [-0.1, -0.05) is 31.2 Å². The van der Waals surface area contributed by atoms with Gasteiger partial charge in [0, 0.05) is 37.0 Å². The van der Waals surface area contributed by atoms with Crippen LogP contribution in [0.15, 0.2) is 24.3 Å². The van der Waals surface area contributed by atoms with Gasteiger partial charge in [-0.3, -0.25) is 4.79 Å². The quantitative estimate of drug-likeness (QED) is 0.871. The van der Waals surface area contributed by atoms with Crippen LogP contribution in [0.4, 0.5) is 5.82 Å². The number of carbonyl (C=O) groups excluding carboxylic acids is 1. The lowest BCUT2D eigenvalue weighted by Crippen LogP contribution is -2.37. The van der Waals surface area contributed by atoms with Crippen molar-refractivity contribution >= 4 is 22.5 Å². The predicted molar refractivity (Wildman–Crippen MR) is 95.0 cm³/mol. The van der Waals surface area contributed by atoms with Gasteiger partial charge in [0.2, 0.25) is 5.91 Å². The number of aryl methyl sites for hydroxylation is 1. The van der Waals surface area contributed by atoms with Crippen molar-refractivity contribution < 1.29 is 4.79 Å². The number of hydrogen-bond donors (Lipinski definition) is 0. The van der Waals surface area contributed by atoms with Gasteiger partial charge in [-0.2, -0.15) is 5.10 Å². The summed E-state index contributed by atoms with van der Waals surface area (Å²) >= 11 is 0. The van der Waals surface area contributed by atoms with Gasteiger partial charge >= 0.3 is 0 Å². The molecule has 2 aromatic rings. The van der Waals surface area contributed by atoms with E-state index in [2.05, 4.69) is 34.2 Å². The molecule has 2 fully saturated rings. The van der Waals surface area contributed by atoms with E-state index in [0.29, 0.717) is 5.91 Å². The van der Waals surface area contributed by atoms with E-state index in [1.807, 2.05) is 24.0 Å². The third-order valence-corrected chi connectivity index (χ3v) is 5.60. The van der Waals surface area contributed by atoms with Gasteiger partial charge in [0.25, 0.3) is 0 Å². The molecule has 1 spiro atoms. The van der Waals surface area contributed by atoms with Crippen LogP contribution in [0.25, 0.3) is 10.8 Å². The highest BCUT2D eigenvalue weighted by Gasteiger charge is 2.50. The molecule has 0 bridgehead atoms. The third-order valence-electron chi connectivity index (χ3n) is 5.60. The summed E-state index contributed by atoms with van der Waals surface area (Å²) in [5, 5.41) is 11.1. The summed E-state index contributed by atoms with van der Waals surface area (Å²) in [6, 6.07) is 8.29. The Hall–Kier alpha value is -2.17. The molecule has 2 aliphatic heterocycles. The van der Waals surface area contributed by atoms with Crippen LogP contribution >= 0.6 is 0 Å². The molecule has 0 saturated carbocycles. The minimum Gasteiger partial charge on any atom is -0.353 e. The minimum absolute atomic E-state index is 0.206. The normalized spacial score (nSPS) is 23.8. The average molecular weight is 324 g/mol. The Kier molecular flexibility index (Phi) is 3.66. The Morgan fingerprint density at radius 1 is 1.12 bits per heavy atom. The summed E-state index contributed by atoms with van der Waals surface area (Å²) in [4.78, 5) is 17.2. The Morgan fingerprint density at radius 3 is 2.67 bits per heavy atom. The van der Waals surface area contributed by atoms with E-state index in [9.17, 15) is 4.79 Å². The summed E-state index contributed by atoms with van der Waals surface area (Å²) in [6.07, 6.45) is 2.93. The molecule has 5 nitrogen and oxygen atoms in total. The third kappa shape index (κ3) is 2.26. The number of fused-ring (bicyclic) bond motifs is 1. The highest BCUT2D eigenvalue weighted by molar-refractivity contribution is 5.94. The number of anilines is 1. The summed E-state index contributed by atoms with van der Waals surface area (Å²) in [5.41, 5.74) is 0.748. The highest BCUT2D eigenvalue weighted by atomic mass is 16.2. The zero-order valence-electron chi connectivity index (χ0n) is 14.5. The smallest absolute Gasteiger partial charge is 0.230 e. The SMILES string of the molecule is CCCN1CCC2(CCN(c3nnc(C)c4ccccc34)C2)C1=O. The van der Waals surface area contributed by atoms with E-state index < -0.39 is 0 Å². The number of nitrogens with zero attached hydrogens (tertiary/aromatic N) is 4. The highest BCUT2D eigenvalue weighted by Crippen LogP contribution is 2.42. The number of benzene rings is 1. The standard InChI is InChI=1S/C19H24N4O/c1-3-10-22-11-8-19(18(22)24)9-12-23(13-19)17-16-7-5-4-6-15(16)14(2)20-21-17/h4-7H,3,8-13H2,1-2H3. The maximum absolute atomic E-state index is 12.9. The van der Waals surface area contributed by atoms with Crippen molar-refractivity contribution in [1.82, 2.24) is 15.1 Å². The molecule has 1 atom stereocenters. The van der Waals surface area contributed by atoms with Gasteiger partial charge < -0.3 is 9.80 Å². The molecule has 2 aliphatic rings. The lowest BCUT2D eigenvalue weighted by Gasteiger charge is -2.24. The second kappa shape index (κ2) is 5.72. The zero-order valence-corrected chi connectivity index (χ0v) is 14.5. The van der Waals surface area contributed by atoms with Crippen molar-refractivity contribution in [1.29, 1.82) is 0 Å². The Bertz CT molecular complexity index is 790. The van der Waals surface area contributed by atoms with Crippen LogP contribution in [0.5, 0.6) is 0 Å². The van der Waals surface area contributed by atoms with Crippen LogP contribution in [0.1, 0.15) is 31.9 Å². The Morgan fingerprint density at radius 2 is 1.88 bits per heavy atom. The van der Waals surface area contributed by atoms with Crippen molar-refractivity contribution in [2.45, 2.75) is 33.1 Å². The largest absolute Gasteiger partial charge is 0.353 e. The van der Waals surface area contributed by atoms with E-state index >= 15 is 0 Å². The first kappa shape index (κ1) is 15.4. The molecular weight excluding hydrogens is 300 g/mol. The van der Waals surface area contributed by atoms with E-state index in [0.717, 1.165) is 67.7 Å². The average Bonchev–Trinajstić information content (AvgIpc) is 3.16. The van der Waals surface area contributed by atoms with Crippen molar-refractivity contribution in [3.05, 3.63) is 30.0 Å². The van der Waals surface area contributed by atoms with Gasteiger partial charge in [-0.25, -0.2) is 0 Å². The number of amides is 1.